The number of halogens is 1. The van der Waals surface area contributed by atoms with Gasteiger partial charge in [0.25, 0.3) is 0 Å². The third-order valence-electron chi connectivity index (χ3n) is 4.79. The highest BCUT2D eigenvalue weighted by Crippen LogP contribution is 2.29. The zero-order valence-electron chi connectivity index (χ0n) is 12.9. The zero-order valence-corrected chi connectivity index (χ0v) is 13.6. The predicted molar refractivity (Wildman–Crippen MR) is 89.9 cm³/mol. The molecule has 2 heterocycles. The Morgan fingerprint density at radius 1 is 1.33 bits per heavy atom. The van der Waals surface area contributed by atoms with Crippen LogP contribution in [0.25, 0.3) is 10.9 Å². The molecule has 2 aromatic rings. The van der Waals surface area contributed by atoms with Gasteiger partial charge in [-0.1, -0.05) is 24.6 Å². The number of nitrogens with zero attached hydrogens (tertiary/aromatic N) is 1. The number of aromatic amines is 1. The van der Waals surface area contributed by atoms with Crippen LogP contribution in [0, 0.1) is 5.41 Å². The summed E-state index contributed by atoms with van der Waals surface area (Å²) in [6.45, 7) is 6.82. The molecule has 21 heavy (non-hydrogen) atoms. The molecule has 0 aliphatic carbocycles. The number of rotatable bonds is 4. The summed E-state index contributed by atoms with van der Waals surface area (Å²) in [6.07, 6.45) is 4.64. The second-order valence-electron chi connectivity index (χ2n) is 6.72. The number of fused-ring (bicyclic) bond motifs is 1. The fourth-order valence-corrected chi connectivity index (χ4v) is 3.31. The van der Waals surface area contributed by atoms with E-state index < -0.39 is 0 Å². The Morgan fingerprint density at radius 2 is 2.10 bits per heavy atom. The first-order valence-electron chi connectivity index (χ1n) is 7.71. The van der Waals surface area contributed by atoms with Crippen LogP contribution in [0.15, 0.2) is 24.4 Å². The molecule has 114 valence electrons. The molecule has 4 heteroatoms. The van der Waals surface area contributed by atoms with Gasteiger partial charge in [0, 0.05) is 35.2 Å². The molecular formula is C17H24ClN3. The van der Waals surface area contributed by atoms with Crippen LogP contribution in [-0.2, 0) is 6.54 Å². The standard InChI is InChI=1S/C17H24ClN3/c1-17(5-7-21(2)8-6-17)12-19-10-13-11-20-16-9-14(18)3-4-15(13)16/h3-4,9,11,19-20H,5-8,10,12H2,1-2H3. The molecule has 0 bridgehead atoms. The number of aromatic nitrogens is 1. The van der Waals surface area contributed by atoms with Crippen molar-refractivity contribution in [3.8, 4) is 0 Å². The Balaban J connectivity index is 1.59. The molecule has 3 rings (SSSR count). The maximum absolute atomic E-state index is 6.02. The third kappa shape index (κ3) is 3.42. The number of H-pyrrole nitrogens is 1. The van der Waals surface area contributed by atoms with Crippen molar-refractivity contribution in [2.24, 2.45) is 5.41 Å². The van der Waals surface area contributed by atoms with Crippen LogP contribution < -0.4 is 5.32 Å². The molecule has 0 amide bonds. The number of piperidine rings is 1. The largest absolute Gasteiger partial charge is 0.361 e. The smallest absolute Gasteiger partial charge is 0.0472 e. The van der Waals surface area contributed by atoms with E-state index in [-0.39, 0.29) is 0 Å². The fraction of sp³-hybridized carbons (Fsp3) is 0.529. The van der Waals surface area contributed by atoms with Crippen LogP contribution in [-0.4, -0.2) is 36.6 Å². The SMILES string of the molecule is CN1CCC(C)(CNCc2c[nH]c3cc(Cl)ccc23)CC1. The van der Waals surface area contributed by atoms with Gasteiger partial charge >= 0.3 is 0 Å². The van der Waals surface area contributed by atoms with Gasteiger partial charge in [0.2, 0.25) is 0 Å². The van der Waals surface area contributed by atoms with Crippen molar-refractivity contribution in [3.63, 3.8) is 0 Å². The van der Waals surface area contributed by atoms with Gasteiger partial charge in [0.05, 0.1) is 0 Å². The minimum atomic E-state index is 0.432. The predicted octanol–water partition coefficient (Wildman–Crippen LogP) is 3.64. The summed E-state index contributed by atoms with van der Waals surface area (Å²) in [7, 11) is 2.21. The van der Waals surface area contributed by atoms with Crippen LogP contribution in [0.3, 0.4) is 0 Å². The maximum atomic E-state index is 6.02. The van der Waals surface area contributed by atoms with Crippen LogP contribution in [0.4, 0.5) is 0 Å². The van der Waals surface area contributed by atoms with Gasteiger partial charge in [-0.05, 0) is 56.1 Å². The van der Waals surface area contributed by atoms with Crippen LogP contribution in [0.2, 0.25) is 5.02 Å². The lowest BCUT2D eigenvalue weighted by Crippen LogP contribution is -2.41. The summed E-state index contributed by atoms with van der Waals surface area (Å²) in [4.78, 5) is 5.72. The van der Waals surface area contributed by atoms with Gasteiger partial charge in [0.15, 0.2) is 0 Å². The maximum Gasteiger partial charge on any atom is 0.0472 e. The minimum Gasteiger partial charge on any atom is -0.361 e. The topological polar surface area (TPSA) is 31.1 Å². The Labute approximate surface area is 131 Å². The molecule has 3 nitrogen and oxygen atoms in total. The minimum absolute atomic E-state index is 0.432. The molecule has 1 aliphatic rings. The highest BCUT2D eigenvalue weighted by atomic mass is 35.5. The Kier molecular flexibility index (Phi) is 4.25. The normalized spacial score (nSPS) is 19.2. The first kappa shape index (κ1) is 14.9. The number of hydrogen-bond acceptors (Lipinski definition) is 2. The summed E-state index contributed by atoms with van der Waals surface area (Å²) in [5.41, 5.74) is 2.87. The molecule has 0 radical (unpaired) electrons. The number of nitrogens with one attached hydrogen (secondary N) is 2. The Hall–Kier alpha value is -1.03. The molecular weight excluding hydrogens is 282 g/mol. The first-order valence-corrected chi connectivity index (χ1v) is 8.08. The van der Waals surface area contributed by atoms with Crippen LogP contribution in [0.1, 0.15) is 25.3 Å². The van der Waals surface area contributed by atoms with E-state index >= 15 is 0 Å². The van der Waals surface area contributed by atoms with E-state index in [0.717, 1.165) is 23.6 Å². The number of likely N-dealkylation sites (tertiary alicyclic amines) is 1. The van der Waals surface area contributed by atoms with Gasteiger partial charge < -0.3 is 15.2 Å². The number of benzene rings is 1. The van der Waals surface area contributed by atoms with Gasteiger partial charge in [-0.25, -0.2) is 0 Å². The van der Waals surface area contributed by atoms with Crippen molar-refractivity contribution >= 4 is 22.5 Å². The van der Waals surface area contributed by atoms with Crippen molar-refractivity contribution in [3.05, 3.63) is 35.0 Å². The van der Waals surface area contributed by atoms with E-state index in [1.54, 1.807) is 0 Å². The molecule has 1 aliphatic heterocycles. The van der Waals surface area contributed by atoms with Gasteiger partial charge in [-0.15, -0.1) is 0 Å². The van der Waals surface area contributed by atoms with Crippen LogP contribution >= 0.6 is 11.6 Å². The second-order valence-corrected chi connectivity index (χ2v) is 7.16. The molecule has 1 fully saturated rings. The molecule has 0 saturated carbocycles. The molecule has 1 aromatic heterocycles. The molecule has 2 N–H and O–H groups in total. The van der Waals surface area contributed by atoms with Crippen molar-refractivity contribution < 1.29 is 0 Å². The fourth-order valence-electron chi connectivity index (χ4n) is 3.14. The van der Waals surface area contributed by atoms with E-state index in [9.17, 15) is 0 Å². The summed E-state index contributed by atoms with van der Waals surface area (Å²) in [5.74, 6) is 0. The molecule has 0 unspecified atom stereocenters. The molecule has 1 saturated heterocycles. The zero-order chi connectivity index (χ0) is 14.9. The van der Waals surface area contributed by atoms with Crippen molar-refractivity contribution in [1.82, 2.24) is 15.2 Å². The summed E-state index contributed by atoms with van der Waals surface area (Å²) >= 11 is 6.02. The van der Waals surface area contributed by atoms with Crippen molar-refractivity contribution in [1.29, 1.82) is 0 Å². The van der Waals surface area contributed by atoms with E-state index in [2.05, 4.69) is 41.4 Å². The quantitative estimate of drug-likeness (QED) is 0.903. The Bertz CT molecular complexity index is 612. The third-order valence-corrected chi connectivity index (χ3v) is 5.03. The second kappa shape index (κ2) is 5.99. The molecule has 0 atom stereocenters. The van der Waals surface area contributed by atoms with Crippen molar-refractivity contribution in [2.45, 2.75) is 26.3 Å². The van der Waals surface area contributed by atoms with E-state index in [4.69, 9.17) is 11.6 Å². The van der Waals surface area contributed by atoms with E-state index in [0.29, 0.717) is 5.41 Å². The van der Waals surface area contributed by atoms with Gasteiger partial charge in [-0.3, -0.25) is 0 Å². The average molecular weight is 306 g/mol. The average Bonchev–Trinajstić information content (AvgIpc) is 2.85. The van der Waals surface area contributed by atoms with Crippen molar-refractivity contribution in [2.75, 3.05) is 26.7 Å². The lowest BCUT2D eigenvalue weighted by molar-refractivity contribution is 0.137. The van der Waals surface area contributed by atoms with Gasteiger partial charge in [-0.2, -0.15) is 0 Å². The van der Waals surface area contributed by atoms with Gasteiger partial charge in [0.1, 0.15) is 0 Å². The Morgan fingerprint density at radius 3 is 2.86 bits per heavy atom. The molecule has 0 spiro atoms. The highest BCUT2D eigenvalue weighted by Gasteiger charge is 2.28. The van der Waals surface area contributed by atoms with E-state index in [1.165, 1.54) is 36.9 Å². The van der Waals surface area contributed by atoms with Crippen LogP contribution in [0.5, 0.6) is 0 Å². The summed E-state index contributed by atoms with van der Waals surface area (Å²) in [6, 6.07) is 6.04. The monoisotopic (exact) mass is 305 g/mol. The summed E-state index contributed by atoms with van der Waals surface area (Å²) in [5, 5.41) is 5.69. The highest BCUT2D eigenvalue weighted by molar-refractivity contribution is 6.31. The first-order chi connectivity index (χ1) is 10.1. The van der Waals surface area contributed by atoms with E-state index in [1.807, 2.05) is 12.1 Å². The molecule has 1 aromatic carbocycles. The number of hydrogen-bond donors (Lipinski definition) is 2. The lowest BCUT2D eigenvalue weighted by Gasteiger charge is -2.38. The summed E-state index contributed by atoms with van der Waals surface area (Å²) < 4.78 is 0. The lowest BCUT2D eigenvalue weighted by atomic mass is 9.80.